The molecule has 0 aromatic heterocycles. The van der Waals surface area contributed by atoms with Crippen molar-refractivity contribution in [1.82, 2.24) is 0 Å². The molecular formula is C8H11NO4S. The molecule has 78 valence electrons. The average Bonchev–Trinajstić information content (AvgIpc) is 2.16. The van der Waals surface area contributed by atoms with E-state index in [2.05, 4.69) is 9.73 Å². The normalized spacial score (nSPS) is 21.4. The molecule has 0 radical (unpaired) electrons. The number of carbonyl (C=O) groups is 2. The zero-order valence-corrected chi connectivity index (χ0v) is 8.80. The van der Waals surface area contributed by atoms with Crippen LogP contribution in [0.2, 0.25) is 0 Å². The van der Waals surface area contributed by atoms with Crippen molar-refractivity contribution in [3.63, 3.8) is 0 Å². The molecule has 0 N–H and O–H groups in total. The molecule has 1 unspecified atom stereocenters. The minimum absolute atomic E-state index is 0.0773. The van der Waals surface area contributed by atoms with E-state index in [0.29, 0.717) is 6.61 Å². The van der Waals surface area contributed by atoms with E-state index in [9.17, 15) is 9.59 Å². The Bertz CT molecular complexity index is 277. The van der Waals surface area contributed by atoms with E-state index < -0.39 is 11.2 Å². The number of nitrogens with zero attached hydrogens (tertiary/aromatic N) is 1. The summed E-state index contributed by atoms with van der Waals surface area (Å²) in [7, 11) is 1.29. The highest BCUT2D eigenvalue weighted by Crippen LogP contribution is 2.24. The molecule has 0 bridgehead atoms. The second kappa shape index (κ2) is 4.99. The van der Waals surface area contributed by atoms with E-state index in [-0.39, 0.29) is 17.6 Å². The Morgan fingerprint density at radius 2 is 2.43 bits per heavy atom. The number of amides is 1. The fraction of sp³-hybridized carbons (Fsp3) is 0.625. The first-order chi connectivity index (χ1) is 6.67. The Hall–Kier alpha value is -1.04. The molecule has 5 nitrogen and oxygen atoms in total. The summed E-state index contributed by atoms with van der Waals surface area (Å²) >= 11 is 1.12. The largest absolute Gasteiger partial charge is 0.473 e. The van der Waals surface area contributed by atoms with Gasteiger partial charge in [-0.2, -0.15) is 4.99 Å². The summed E-state index contributed by atoms with van der Waals surface area (Å²) in [6, 6.07) is 0. The van der Waals surface area contributed by atoms with Crippen LogP contribution in [-0.4, -0.2) is 36.1 Å². The molecule has 1 atom stereocenters. The standard InChI is InChI=1S/C8H11NO4S/c1-3-13-8-9-6(10)4-5(14-8)7(11)12-2/h5H,3-4H2,1-2H3. The third-order valence-corrected chi connectivity index (χ3v) is 2.61. The van der Waals surface area contributed by atoms with Crippen LogP contribution in [0.3, 0.4) is 0 Å². The van der Waals surface area contributed by atoms with Gasteiger partial charge < -0.3 is 9.47 Å². The number of rotatable bonds is 2. The summed E-state index contributed by atoms with van der Waals surface area (Å²) in [5, 5.41) is -0.272. The van der Waals surface area contributed by atoms with Crippen molar-refractivity contribution in [3.8, 4) is 0 Å². The lowest BCUT2D eigenvalue weighted by atomic mass is 10.3. The van der Waals surface area contributed by atoms with E-state index in [1.807, 2.05) is 0 Å². The van der Waals surface area contributed by atoms with Crippen LogP contribution >= 0.6 is 11.8 Å². The summed E-state index contributed by atoms with van der Waals surface area (Å²) in [5.41, 5.74) is 0. The number of hydrogen-bond donors (Lipinski definition) is 0. The van der Waals surface area contributed by atoms with E-state index in [1.54, 1.807) is 6.92 Å². The molecule has 6 heteroatoms. The van der Waals surface area contributed by atoms with Gasteiger partial charge in [0.15, 0.2) is 0 Å². The van der Waals surface area contributed by atoms with Gasteiger partial charge in [-0.3, -0.25) is 9.59 Å². The van der Waals surface area contributed by atoms with Gasteiger partial charge in [0.2, 0.25) is 0 Å². The van der Waals surface area contributed by atoms with Crippen LogP contribution in [0.15, 0.2) is 4.99 Å². The van der Waals surface area contributed by atoms with Crippen molar-refractivity contribution in [2.45, 2.75) is 18.6 Å². The SMILES string of the molecule is CCOC1=NC(=O)CC(C(=O)OC)S1. The Balaban J connectivity index is 2.65. The van der Waals surface area contributed by atoms with Crippen LogP contribution in [0.25, 0.3) is 0 Å². The number of ether oxygens (including phenoxy) is 2. The third-order valence-electron chi connectivity index (χ3n) is 1.55. The van der Waals surface area contributed by atoms with Crippen molar-refractivity contribution >= 4 is 28.9 Å². The maximum absolute atomic E-state index is 11.2. The van der Waals surface area contributed by atoms with Gasteiger partial charge in [-0.05, 0) is 6.92 Å². The van der Waals surface area contributed by atoms with Crippen molar-refractivity contribution < 1.29 is 19.1 Å². The highest BCUT2D eigenvalue weighted by atomic mass is 32.2. The molecule has 1 aliphatic heterocycles. The Labute approximate surface area is 85.9 Å². The molecule has 0 fully saturated rings. The van der Waals surface area contributed by atoms with Gasteiger partial charge in [0, 0.05) is 0 Å². The van der Waals surface area contributed by atoms with Crippen LogP contribution in [0, 0.1) is 0 Å². The molecule has 0 saturated carbocycles. The quantitative estimate of drug-likeness (QED) is 0.633. The fourth-order valence-corrected chi connectivity index (χ4v) is 1.95. The Morgan fingerprint density at radius 3 is 3.00 bits per heavy atom. The van der Waals surface area contributed by atoms with Gasteiger partial charge in [0.1, 0.15) is 5.25 Å². The van der Waals surface area contributed by atoms with Crippen molar-refractivity contribution in [1.29, 1.82) is 0 Å². The summed E-state index contributed by atoms with van der Waals surface area (Å²) < 4.78 is 9.60. The summed E-state index contributed by atoms with van der Waals surface area (Å²) in [4.78, 5) is 25.9. The minimum atomic E-state index is -0.522. The Morgan fingerprint density at radius 1 is 1.71 bits per heavy atom. The van der Waals surface area contributed by atoms with Crippen molar-refractivity contribution in [2.24, 2.45) is 4.99 Å². The van der Waals surface area contributed by atoms with Crippen LogP contribution < -0.4 is 0 Å². The molecular weight excluding hydrogens is 206 g/mol. The first-order valence-corrected chi connectivity index (χ1v) is 5.04. The van der Waals surface area contributed by atoms with E-state index in [4.69, 9.17) is 4.74 Å². The molecule has 1 amide bonds. The predicted molar refractivity (Wildman–Crippen MR) is 52.1 cm³/mol. The molecule has 0 aromatic carbocycles. The highest BCUT2D eigenvalue weighted by molar-refractivity contribution is 8.14. The number of esters is 1. The molecule has 0 spiro atoms. The van der Waals surface area contributed by atoms with Gasteiger partial charge in [0.25, 0.3) is 11.1 Å². The van der Waals surface area contributed by atoms with Gasteiger partial charge >= 0.3 is 5.97 Å². The molecule has 1 heterocycles. The first kappa shape index (κ1) is 11.0. The third kappa shape index (κ3) is 2.73. The average molecular weight is 217 g/mol. The molecule has 14 heavy (non-hydrogen) atoms. The number of aliphatic imine (C=N–C) groups is 1. The molecule has 0 aromatic rings. The number of hydrogen-bond acceptors (Lipinski definition) is 5. The molecule has 0 saturated heterocycles. The molecule has 1 rings (SSSR count). The van der Waals surface area contributed by atoms with Gasteiger partial charge in [-0.25, -0.2) is 0 Å². The predicted octanol–water partition coefficient (Wildman–Crippen LogP) is 0.584. The highest BCUT2D eigenvalue weighted by Gasteiger charge is 2.30. The Kier molecular flexibility index (Phi) is 3.94. The van der Waals surface area contributed by atoms with Crippen LogP contribution in [0.1, 0.15) is 13.3 Å². The second-order valence-electron chi connectivity index (χ2n) is 2.54. The van der Waals surface area contributed by atoms with Crippen LogP contribution in [0.4, 0.5) is 0 Å². The lowest BCUT2D eigenvalue weighted by Gasteiger charge is -2.17. The first-order valence-electron chi connectivity index (χ1n) is 4.16. The molecule has 1 aliphatic rings. The summed E-state index contributed by atoms with van der Waals surface area (Å²) in [6.45, 7) is 2.21. The maximum Gasteiger partial charge on any atom is 0.319 e. The van der Waals surface area contributed by atoms with Gasteiger partial charge in [-0.1, -0.05) is 11.8 Å². The van der Waals surface area contributed by atoms with Crippen LogP contribution in [0.5, 0.6) is 0 Å². The summed E-state index contributed by atoms with van der Waals surface area (Å²) in [5.74, 6) is -0.766. The topological polar surface area (TPSA) is 65.0 Å². The van der Waals surface area contributed by atoms with E-state index in [1.165, 1.54) is 7.11 Å². The zero-order chi connectivity index (χ0) is 10.6. The number of thioether (sulfide) groups is 1. The zero-order valence-electron chi connectivity index (χ0n) is 7.98. The number of methoxy groups -OCH3 is 1. The van der Waals surface area contributed by atoms with E-state index in [0.717, 1.165) is 11.8 Å². The van der Waals surface area contributed by atoms with Crippen LogP contribution in [-0.2, 0) is 19.1 Å². The maximum atomic E-state index is 11.2. The minimum Gasteiger partial charge on any atom is -0.473 e. The smallest absolute Gasteiger partial charge is 0.319 e. The lowest BCUT2D eigenvalue weighted by Crippen LogP contribution is -2.28. The second-order valence-corrected chi connectivity index (χ2v) is 3.69. The summed E-state index contributed by atoms with van der Waals surface area (Å²) in [6.07, 6.45) is 0.0773. The number of carbonyl (C=O) groups excluding carboxylic acids is 2. The monoisotopic (exact) mass is 217 g/mol. The van der Waals surface area contributed by atoms with Gasteiger partial charge in [0.05, 0.1) is 20.1 Å². The molecule has 0 aliphatic carbocycles. The lowest BCUT2D eigenvalue weighted by molar-refractivity contribution is -0.141. The van der Waals surface area contributed by atoms with Gasteiger partial charge in [-0.15, -0.1) is 0 Å². The van der Waals surface area contributed by atoms with Crippen molar-refractivity contribution in [2.75, 3.05) is 13.7 Å². The van der Waals surface area contributed by atoms with Crippen molar-refractivity contribution in [3.05, 3.63) is 0 Å². The van der Waals surface area contributed by atoms with E-state index >= 15 is 0 Å². The fourth-order valence-electron chi connectivity index (χ4n) is 0.948.